The summed E-state index contributed by atoms with van der Waals surface area (Å²) in [5, 5.41) is 5.71. The summed E-state index contributed by atoms with van der Waals surface area (Å²) in [5.74, 6) is 0.861. The third-order valence-electron chi connectivity index (χ3n) is 4.38. The molecule has 3 rings (SSSR count). The van der Waals surface area contributed by atoms with Crippen LogP contribution in [0.3, 0.4) is 0 Å². The van der Waals surface area contributed by atoms with Crippen molar-refractivity contribution in [1.82, 2.24) is 10.6 Å². The van der Waals surface area contributed by atoms with Gasteiger partial charge in [-0.1, -0.05) is 23.7 Å². The normalized spacial score (nSPS) is 14.8. The Kier molecular flexibility index (Phi) is 6.41. The van der Waals surface area contributed by atoms with Crippen LogP contribution >= 0.6 is 11.6 Å². The van der Waals surface area contributed by atoms with E-state index in [1.165, 1.54) is 0 Å². The van der Waals surface area contributed by atoms with E-state index in [1.54, 1.807) is 24.3 Å². The molecule has 0 spiro atoms. The number of rotatable bonds is 7. The average molecular weight is 403 g/mol. The first-order chi connectivity index (χ1) is 13.5. The summed E-state index contributed by atoms with van der Waals surface area (Å²) in [6.45, 7) is 4.60. The van der Waals surface area contributed by atoms with Gasteiger partial charge < -0.3 is 20.1 Å². The Morgan fingerprint density at radius 3 is 2.79 bits per heavy atom. The number of amides is 2. The monoisotopic (exact) mass is 402 g/mol. The SMILES string of the molecule is CCOc1cc2c(cc1CNC(=O)CNC(=O)c1ccccc1Cl)O[C@@H](C)C2. The maximum Gasteiger partial charge on any atom is 0.253 e. The summed E-state index contributed by atoms with van der Waals surface area (Å²) in [6, 6.07) is 10.6. The number of ether oxygens (including phenoxy) is 2. The molecule has 1 aliphatic rings. The molecule has 0 saturated heterocycles. The third kappa shape index (κ3) is 4.75. The number of carbonyl (C=O) groups is 2. The molecule has 0 fully saturated rings. The highest BCUT2D eigenvalue weighted by Crippen LogP contribution is 2.35. The minimum Gasteiger partial charge on any atom is -0.494 e. The molecule has 148 valence electrons. The average Bonchev–Trinajstić information content (AvgIpc) is 3.03. The third-order valence-corrected chi connectivity index (χ3v) is 4.71. The summed E-state index contributed by atoms with van der Waals surface area (Å²) in [7, 11) is 0. The number of hydrogen-bond acceptors (Lipinski definition) is 4. The van der Waals surface area contributed by atoms with E-state index in [0.29, 0.717) is 17.2 Å². The molecule has 1 atom stereocenters. The van der Waals surface area contributed by atoms with Crippen LogP contribution in [0, 0.1) is 0 Å². The Hall–Kier alpha value is -2.73. The van der Waals surface area contributed by atoms with Crippen molar-refractivity contribution in [3.63, 3.8) is 0 Å². The lowest BCUT2D eigenvalue weighted by molar-refractivity contribution is -0.120. The highest BCUT2D eigenvalue weighted by atomic mass is 35.5. The lowest BCUT2D eigenvalue weighted by Crippen LogP contribution is -2.36. The molecule has 0 aromatic heterocycles. The molecular formula is C21H23ClN2O4. The number of halogens is 1. The van der Waals surface area contributed by atoms with Crippen molar-refractivity contribution >= 4 is 23.4 Å². The Balaban J connectivity index is 1.58. The van der Waals surface area contributed by atoms with Crippen LogP contribution in [-0.4, -0.2) is 31.1 Å². The lowest BCUT2D eigenvalue weighted by atomic mass is 10.1. The van der Waals surface area contributed by atoms with Crippen LogP contribution in [0.25, 0.3) is 0 Å². The summed E-state index contributed by atoms with van der Waals surface area (Å²) in [4.78, 5) is 24.3. The molecule has 2 N–H and O–H groups in total. The van der Waals surface area contributed by atoms with Crippen molar-refractivity contribution < 1.29 is 19.1 Å². The zero-order chi connectivity index (χ0) is 20.1. The topological polar surface area (TPSA) is 76.7 Å². The molecule has 0 radical (unpaired) electrons. The van der Waals surface area contributed by atoms with Crippen molar-refractivity contribution in [2.24, 2.45) is 0 Å². The standard InChI is InChI=1S/C21H23ClN2O4/c1-3-27-18-9-14-8-13(2)28-19(14)10-15(18)11-23-20(25)12-24-21(26)16-6-4-5-7-17(16)22/h4-7,9-10,13H,3,8,11-12H2,1-2H3,(H,23,25)(H,24,26)/t13-/m0/s1. The second-order valence-electron chi connectivity index (χ2n) is 6.57. The predicted octanol–water partition coefficient (Wildman–Crippen LogP) is 3.11. The molecule has 2 amide bonds. The van der Waals surface area contributed by atoms with Crippen LogP contribution in [0.1, 0.15) is 35.3 Å². The zero-order valence-corrected chi connectivity index (χ0v) is 16.6. The highest BCUT2D eigenvalue weighted by molar-refractivity contribution is 6.33. The number of fused-ring (bicyclic) bond motifs is 1. The second-order valence-corrected chi connectivity index (χ2v) is 6.98. The first-order valence-corrected chi connectivity index (χ1v) is 9.60. The van der Waals surface area contributed by atoms with Gasteiger partial charge in [0.2, 0.25) is 5.91 Å². The first kappa shape index (κ1) is 20.0. The van der Waals surface area contributed by atoms with Crippen molar-refractivity contribution in [3.05, 3.63) is 58.1 Å². The summed E-state index contributed by atoms with van der Waals surface area (Å²) < 4.78 is 11.5. The Morgan fingerprint density at radius 1 is 1.25 bits per heavy atom. The predicted molar refractivity (Wildman–Crippen MR) is 107 cm³/mol. The van der Waals surface area contributed by atoms with Gasteiger partial charge in [0, 0.05) is 24.1 Å². The minimum atomic E-state index is -0.393. The highest BCUT2D eigenvalue weighted by Gasteiger charge is 2.22. The summed E-state index contributed by atoms with van der Waals surface area (Å²) in [5.41, 5.74) is 2.28. The van der Waals surface area contributed by atoms with Gasteiger partial charge in [0.25, 0.3) is 5.91 Å². The minimum absolute atomic E-state index is 0.134. The maximum atomic E-state index is 12.2. The molecule has 1 heterocycles. The van der Waals surface area contributed by atoms with Crippen LogP contribution in [0.4, 0.5) is 0 Å². The fourth-order valence-corrected chi connectivity index (χ4v) is 3.29. The van der Waals surface area contributed by atoms with E-state index >= 15 is 0 Å². The van der Waals surface area contributed by atoms with E-state index in [1.807, 2.05) is 26.0 Å². The number of carbonyl (C=O) groups excluding carboxylic acids is 2. The molecule has 0 saturated carbocycles. The zero-order valence-electron chi connectivity index (χ0n) is 15.9. The van der Waals surface area contributed by atoms with Gasteiger partial charge in [-0.25, -0.2) is 0 Å². The van der Waals surface area contributed by atoms with Crippen molar-refractivity contribution in [1.29, 1.82) is 0 Å². The van der Waals surface area contributed by atoms with Gasteiger partial charge in [0.05, 0.1) is 23.7 Å². The number of benzene rings is 2. The van der Waals surface area contributed by atoms with E-state index in [0.717, 1.165) is 29.0 Å². The molecule has 6 nitrogen and oxygen atoms in total. The molecular weight excluding hydrogens is 380 g/mol. The van der Waals surface area contributed by atoms with E-state index < -0.39 is 5.91 Å². The van der Waals surface area contributed by atoms with Gasteiger partial charge >= 0.3 is 0 Å². The van der Waals surface area contributed by atoms with Crippen LogP contribution in [0.2, 0.25) is 5.02 Å². The second kappa shape index (κ2) is 8.97. The Labute approximate surface area is 169 Å². The van der Waals surface area contributed by atoms with Crippen molar-refractivity contribution in [2.75, 3.05) is 13.2 Å². The van der Waals surface area contributed by atoms with E-state index in [9.17, 15) is 9.59 Å². The smallest absolute Gasteiger partial charge is 0.253 e. The van der Waals surface area contributed by atoms with Gasteiger partial charge in [-0.3, -0.25) is 9.59 Å². The van der Waals surface area contributed by atoms with Gasteiger partial charge in [-0.2, -0.15) is 0 Å². The number of hydrogen-bond donors (Lipinski definition) is 2. The fourth-order valence-electron chi connectivity index (χ4n) is 3.07. The van der Waals surface area contributed by atoms with Gasteiger partial charge in [0.15, 0.2) is 0 Å². The molecule has 0 aliphatic carbocycles. The molecule has 1 aliphatic heterocycles. The summed E-state index contributed by atoms with van der Waals surface area (Å²) in [6.07, 6.45) is 0.977. The van der Waals surface area contributed by atoms with Crippen molar-refractivity contribution in [2.45, 2.75) is 32.9 Å². The molecule has 7 heteroatoms. The van der Waals surface area contributed by atoms with Crippen LogP contribution in [0.5, 0.6) is 11.5 Å². The molecule has 2 aromatic rings. The Morgan fingerprint density at radius 2 is 2.04 bits per heavy atom. The lowest BCUT2D eigenvalue weighted by Gasteiger charge is -2.13. The van der Waals surface area contributed by atoms with E-state index in [2.05, 4.69) is 10.6 Å². The quantitative estimate of drug-likeness (QED) is 0.746. The largest absolute Gasteiger partial charge is 0.494 e. The maximum absolute atomic E-state index is 12.2. The molecule has 28 heavy (non-hydrogen) atoms. The molecule has 2 aromatic carbocycles. The fraction of sp³-hybridized carbons (Fsp3) is 0.333. The van der Waals surface area contributed by atoms with Crippen LogP contribution in [0.15, 0.2) is 36.4 Å². The van der Waals surface area contributed by atoms with Gasteiger partial charge in [-0.15, -0.1) is 0 Å². The number of nitrogens with one attached hydrogen (secondary N) is 2. The van der Waals surface area contributed by atoms with Crippen molar-refractivity contribution in [3.8, 4) is 11.5 Å². The molecule has 0 unspecified atom stereocenters. The molecule has 0 bridgehead atoms. The summed E-state index contributed by atoms with van der Waals surface area (Å²) >= 11 is 5.99. The first-order valence-electron chi connectivity index (χ1n) is 9.22. The van der Waals surface area contributed by atoms with Crippen LogP contribution in [-0.2, 0) is 17.8 Å². The Bertz CT molecular complexity index is 885. The van der Waals surface area contributed by atoms with E-state index in [4.69, 9.17) is 21.1 Å². The van der Waals surface area contributed by atoms with Gasteiger partial charge in [0.1, 0.15) is 17.6 Å². The van der Waals surface area contributed by atoms with E-state index in [-0.39, 0.29) is 25.1 Å². The van der Waals surface area contributed by atoms with Crippen LogP contribution < -0.4 is 20.1 Å². The van der Waals surface area contributed by atoms with Gasteiger partial charge in [-0.05, 0) is 38.1 Å².